The minimum absolute atomic E-state index is 0. The number of nitrogens with two attached hydrogens (primary N) is 1. The van der Waals surface area contributed by atoms with Gasteiger partial charge in [-0.2, -0.15) is 0 Å². The summed E-state index contributed by atoms with van der Waals surface area (Å²) in [5.74, 6) is -1.48. The minimum Gasteiger partial charge on any atom is -0.461 e. The van der Waals surface area contributed by atoms with Crippen LogP contribution in [0.4, 0.5) is 4.79 Å². The Hall–Kier alpha value is -2.28. The fourth-order valence-electron chi connectivity index (χ4n) is 1.64. The topological polar surface area (TPSA) is 108 Å². The summed E-state index contributed by atoms with van der Waals surface area (Å²) in [7, 11) is 0. The molecule has 24 heavy (non-hydrogen) atoms. The maximum absolute atomic E-state index is 11.8. The number of carbonyl (C=O) groups excluding carboxylic acids is 3. The van der Waals surface area contributed by atoms with Crippen LogP contribution in [0.15, 0.2) is 30.3 Å². The third-order valence-electron chi connectivity index (χ3n) is 2.65. The number of hydrogen-bond donors (Lipinski definition) is 2. The molecule has 0 radical (unpaired) electrons. The number of benzene rings is 1. The van der Waals surface area contributed by atoms with Crippen LogP contribution in [0.25, 0.3) is 0 Å². The summed E-state index contributed by atoms with van der Waals surface area (Å²) in [6.07, 6.45) is -1.18. The molecule has 0 aliphatic carbocycles. The molecule has 3 N–H and O–H groups in total. The van der Waals surface area contributed by atoms with Crippen molar-refractivity contribution in [3.8, 4) is 0 Å². The Bertz CT molecular complexity index is 557. The Balaban J connectivity index is 0.00000529. The fourth-order valence-corrected chi connectivity index (χ4v) is 1.64. The first-order valence-electron chi connectivity index (χ1n) is 7.16. The van der Waals surface area contributed by atoms with Crippen molar-refractivity contribution in [2.45, 2.75) is 45.4 Å². The number of ether oxygens (including phenoxy) is 2. The SMILES string of the molecule is CC(C)(C)OC(=O)N[C@H](CC(=O)OCc1ccccc1)C(N)=O.Cl. The first-order valence-corrected chi connectivity index (χ1v) is 7.16. The maximum atomic E-state index is 11.8. The highest BCUT2D eigenvalue weighted by molar-refractivity contribution is 5.88. The van der Waals surface area contributed by atoms with E-state index in [1.165, 1.54) is 0 Å². The van der Waals surface area contributed by atoms with Crippen LogP contribution in [0.3, 0.4) is 0 Å². The summed E-state index contributed by atoms with van der Waals surface area (Å²) in [4.78, 5) is 34.8. The third-order valence-corrected chi connectivity index (χ3v) is 2.65. The van der Waals surface area contributed by atoms with Crippen LogP contribution in [0.5, 0.6) is 0 Å². The van der Waals surface area contributed by atoms with Crippen molar-refractivity contribution in [1.82, 2.24) is 5.32 Å². The van der Waals surface area contributed by atoms with Crippen molar-refractivity contribution in [2.24, 2.45) is 5.73 Å². The van der Waals surface area contributed by atoms with Crippen LogP contribution in [-0.4, -0.2) is 29.6 Å². The number of amides is 2. The summed E-state index contributed by atoms with van der Waals surface area (Å²) in [5.41, 5.74) is 5.28. The number of alkyl carbamates (subject to hydrolysis) is 1. The van der Waals surface area contributed by atoms with E-state index in [1.807, 2.05) is 18.2 Å². The Morgan fingerprint density at radius 2 is 1.75 bits per heavy atom. The van der Waals surface area contributed by atoms with Crippen molar-refractivity contribution >= 4 is 30.4 Å². The van der Waals surface area contributed by atoms with Crippen molar-refractivity contribution in [3.63, 3.8) is 0 Å². The molecule has 8 heteroatoms. The van der Waals surface area contributed by atoms with E-state index in [0.29, 0.717) is 0 Å². The van der Waals surface area contributed by atoms with Crippen molar-refractivity contribution in [3.05, 3.63) is 35.9 Å². The smallest absolute Gasteiger partial charge is 0.408 e. The second-order valence-electron chi connectivity index (χ2n) is 5.95. The molecule has 0 unspecified atom stereocenters. The standard InChI is InChI=1S/C16H22N2O5.ClH/c1-16(2,3)23-15(21)18-12(14(17)20)9-13(19)22-10-11-7-5-4-6-8-11;/h4-8,12H,9-10H2,1-3H3,(H2,17,20)(H,18,21);1H/t12-;/m1./s1. The monoisotopic (exact) mass is 358 g/mol. The van der Waals surface area contributed by atoms with E-state index in [4.69, 9.17) is 15.2 Å². The zero-order chi connectivity index (χ0) is 17.5. The highest BCUT2D eigenvalue weighted by atomic mass is 35.5. The first kappa shape index (κ1) is 21.7. The number of primary amides is 1. The predicted octanol–water partition coefficient (Wildman–Crippen LogP) is 1.92. The molecule has 0 aliphatic rings. The number of hydrogen-bond acceptors (Lipinski definition) is 5. The molecule has 1 atom stereocenters. The van der Waals surface area contributed by atoms with Gasteiger partial charge in [-0.1, -0.05) is 30.3 Å². The number of nitrogens with one attached hydrogen (secondary N) is 1. The van der Waals surface area contributed by atoms with Gasteiger partial charge in [0.15, 0.2) is 0 Å². The Kier molecular flexibility index (Phi) is 8.84. The molecule has 1 aromatic rings. The molecule has 1 rings (SSSR count). The number of halogens is 1. The molecule has 0 bridgehead atoms. The van der Waals surface area contributed by atoms with Crippen molar-refractivity contribution in [2.75, 3.05) is 0 Å². The van der Waals surface area contributed by atoms with Crippen LogP contribution in [0.1, 0.15) is 32.8 Å². The van der Waals surface area contributed by atoms with Gasteiger partial charge in [0.1, 0.15) is 18.2 Å². The quantitative estimate of drug-likeness (QED) is 0.755. The molecular weight excluding hydrogens is 336 g/mol. The molecule has 0 fully saturated rings. The minimum atomic E-state index is -1.19. The maximum Gasteiger partial charge on any atom is 0.408 e. The Morgan fingerprint density at radius 1 is 1.17 bits per heavy atom. The molecule has 0 saturated heterocycles. The average molecular weight is 359 g/mol. The van der Waals surface area contributed by atoms with Gasteiger partial charge in [0.25, 0.3) is 0 Å². The van der Waals surface area contributed by atoms with Gasteiger partial charge < -0.3 is 20.5 Å². The second-order valence-corrected chi connectivity index (χ2v) is 5.95. The summed E-state index contributed by atoms with van der Waals surface area (Å²) >= 11 is 0. The van der Waals surface area contributed by atoms with Crippen LogP contribution in [-0.2, 0) is 25.7 Å². The molecule has 0 aliphatic heterocycles. The van der Waals surface area contributed by atoms with Crippen LogP contribution in [0.2, 0.25) is 0 Å². The van der Waals surface area contributed by atoms with Crippen LogP contribution in [0, 0.1) is 0 Å². The second kappa shape index (κ2) is 9.77. The lowest BCUT2D eigenvalue weighted by Gasteiger charge is -2.22. The highest BCUT2D eigenvalue weighted by Gasteiger charge is 2.25. The van der Waals surface area contributed by atoms with Gasteiger partial charge in [-0.15, -0.1) is 12.4 Å². The van der Waals surface area contributed by atoms with E-state index in [0.717, 1.165) is 5.56 Å². The third kappa shape index (κ3) is 8.99. The van der Waals surface area contributed by atoms with Gasteiger partial charge in [0, 0.05) is 0 Å². The van der Waals surface area contributed by atoms with Gasteiger partial charge in [0.2, 0.25) is 5.91 Å². The molecule has 0 saturated carbocycles. The van der Waals surface area contributed by atoms with E-state index in [-0.39, 0.29) is 25.4 Å². The van der Waals surface area contributed by atoms with Crippen molar-refractivity contribution < 1.29 is 23.9 Å². The predicted molar refractivity (Wildman–Crippen MR) is 90.5 cm³/mol. The summed E-state index contributed by atoms with van der Waals surface area (Å²) in [5, 5.41) is 2.27. The lowest BCUT2D eigenvalue weighted by Crippen LogP contribution is -2.47. The average Bonchev–Trinajstić information content (AvgIpc) is 2.43. The first-order chi connectivity index (χ1) is 10.7. The Morgan fingerprint density at radius 3 is 2.25 bits per heavy atom. The van der Waals surface area contributed by atoms with Crippen LogP contribution >= 0.6 is 12.4 Å². The normalized spacial score (nSPS) is 11.6. The van der Waals surface area contributed by atoms with Gasteiger partial charge in [-0.3, -0.25) is 9.59 Å². The van der Waals surface area contributed by atoms with Gasteiger partial charge >= 0.3 is 12.1 Å². The summed E-state index contributed by atoms with van der Waals surface area (Å²) in [6.45, 7) is 5.12. The number of carbonyl (C=O) groups is 3. The van der Waals surface area contributed by atoms with E-state index >= 15 is 0 Å². The van der Waals surface area contributed by atoms with Gasteiger partial charge in [-0.05, 0) is 26.3 Å². The molecule has 2 amide bonds. The van der Waals surface area contributed by atoms with E-state index < -0.39 is 29.6 Å². The number of esters is 1. The largest absolute Gasteiger partial charge is 0.461 e. The van der Waals surface area contributed by atoms with Crippen LogP contribution < -0.4 is 11.1 Å². The lowest BCUT2D eigenvalue weighted by atomic mass is 10.2. The lowest BCUT2D eigenvalue weighted by molar-refractivity contribution is -0.146. The van der Waals surface area contributed by atoms with E-state index in [1.54, 1.807) is 32.9 Å². The highest BCUT2D eigenvalue weighted by Crippen LogP contribution is 2.08. The van der Waals surface area contributed by atoms with E-state index in [9.17, 15) is 14.4 Å². The molecular formula is C16H23ClN2O5. The van der Waals surface area contributed by atoms with E-state index in [2.05, 4.69) is 5.32 Å². The number of rotatable bonds is 6. The van der Waals surface area contributed by atoms with Gasteiger partial charge in [0.05, 0.1) is 6.42 Å². The molecule has 0 aromatic heterocycles. The van der Waals surface area contributed by atoms with Crippen molar-refractivity contribution in [1.29, 1.82) is 0 Å². The Labute approximate surface area is 147 Å². The van der Waals surface area contributed by atoms with Gasteiger partial charge in [-0.25, -0.2) is 4.79 Å². The molecule has 1 aromatic carbocycles. The zero-order valence-electron chi connectivity index (χ0n) is 13.9. The molecule has 134 valence electrons. The molecule has 7 nitrogen and oxygen atoms in total. The summed E-state index contributed by atoms with van der Waals surface area (Å²) in [6, 6.07) is 7.90. The fraction of sp³-hybridized carbons (Fsp3) is 0.438. The zero-order valence-corrected chi connectivity index (χ0v) is 14.7. The molecule has 0 spiro atoms. The molecule has 0 heterocycles. The summed E-state index contributed by atoms with van der Waals surface area (Å²) < 4.78 is 10.1.